The molecule has 80 valence electrons. The first kappa shape index (κ1) is 11.0. The maximum absolute atomic E-state index is 10.8. The summed E-state index contributed by atoms with van der Waals surface area (Å²) in [5.74, 6) is -1.81. The van der Waals surface area contributed by atoms with Gasteiger partial charge in [0, 0.05) is 18.2 Å². The van der Waals surface area contributed by atoms with Crippen molar-refractivity contribution in [3.63, 3.8) is 0 Å². The van der Waals surface area contributed by atoms with Crippen molar-refractivity contribution in [1.82, 2.24) is 0 Å². The smallest absolute Gasteiger partial charge is 0.339 e. The third-order valence-electron chi connectivity index (χ3n) is 1.97. The molecule has 0 unspecified atom stereocenters. The molecule has 0 fully saturated rings. The van der Waals surface area contributed by atoms with Crippen LogP contribution in [-0.2, 0) is 4.79 Å². The predicted molar refractivity (Wildman–Crippen MR) is 54.1 cm³/mol. The molecular weight excluding hydrogens is 198 g/mol. The van der Waals surface area contributed by atoms with Crippen molar-refractivity contribution in [2.75, 3.05) is 5.32 Å². The van der Waals surface area contributed by atoms with E-state index in [9.17, 15) is 14.7 Å². The van der Waals surface area contributed by atoms with E-state index in [4.69, 9.17) is 5.11 Å². The lowest BCUT2D eigenvalue weighted by atomic mass is 10.1. The number of nitrogens with one attached hydrogen (secondary N) is 1. The molecule has 5 nitrogen and oxygen atoms in total. The molecule has 0 saturated carbocycles. The Morgan fingerprint density at radius 1 is 1.33 bits per heavy atom. The van der Waals surface area contributed by atoms with Gasteiger partial charge in [-0.25, -0.2) is 4.79 Å². The summed E-state index contributed by atoms with van der Waals surface area (Å²) in [7, 11) is 0. The SMILES string of the molecule is CC(=O)Nc1ccc(C(=O)O)c(O)c1C. The second-order valence-corrected chi connectivity index (χ2v) is 3.12. The van der Waals surface area contributed by atoms with Crippen LogP contribution in [0.25, 0.3) is 0 Å². The number of aromatic carboxylic acids is 1. The molecular formula is C10H11NO4. The summed E-state index contributed by atoms with van der Waals surface area (Å²) in [4.78, 5) is 21.4. The maximum Gasteiger partial charge on any atom is 0.339 e. The molecule has 0 aliphatic rings. The summed E-state index contributed by atoms with van der Waals surface area (Å²) in [6.45, 7) is 2.87. The van der Waals surface area contributed by atoms with Crippen molar-refractivity contribution >= 4 is 17.6 Å². The Labute approximate surface area is 86.4 Å². The molecule has 1 aromatic rings. The Morgan fingerprint density at radius 2 is 1.93 bits per heavy atom. The van der Waals surface area contributed by atoms with Gasteiger partial charge in [-0.15, -0.1) is 0 Å². The summed E-state index contributed by atoms with van der Waals surface area (Å²) >= 11 is 0. The Kier molecular flexibility index (Phi) is 2.94. The molecule has 15 heavy (non-hydrogen) atoms. The fraction of sp³-hybridized carbons (Fsp3) is 0.200. The number of aromatic hydroxyl groups is 1. The van der Waals surface area contributed by atoms with E-state index in [0.717, 1.165) is 0 Å². The first-order chi connectivity index (χ1) is 6.93. The molecule has 0 aliphatic heterocycles. The van der Waals surface area contributed by atoms with Crippen LogP contribution in [0.1, 0.15) is 22.8 Å². The van der Waals surface area contributed by atoms with Crippen molar-refractivity contribution in [2.45, 2.75) is 13.8 Å². The molecule has 1 aromatic carbocycles. The monoisotopic (exact) mass is 209 g/mol. The third-order valence-corrected chi connectivity index (χ3v) is 1.97. The minimum absolute atomic E-state index is 0.179. The summed E-state index contributed by atoms with van der Waals surface area (Å²) in [5.41, 5.74) is 0.566. The van der Waals surface area contributed by atoms with E-state index in [1.165, 1.54) is 26.0 Å². The van der Waals surface area contributed by atoms with Crippen LogP contribution in [0.4, 0.5) is 5.69 Å². The van der Waals surface area contributed by atoms with Gasteiger partial charge in [-0.3, -0.25) is 4.79 Å². The Bertz CT molecular complexity index is 426. The molecule has 1 amide bonds. The highest BCUT2D eigenvalue weighted by Gasteiger charge is 2.14. The second-order valence-electron chi connectivity index (χ2n) is 3.12. The van der Waals surface area contributed by atoms with Gasteiger partial charge in [-0.05, 0) is 19.1 Å². The van der Waals surface area contributed by atoms with E-state index < -0.39 is 5.97 Å². The molecule has 0 aromatic heterocycles. The summed E-state index contributed by atoms with van der Waals surface area (Å²) in [5, 5.41) is 20.7. The zero-order valence-corrected chi connectivity index (χ0v) is 8.37. The number of rotatable bonds is 2. The molecule has 0 saturated heterocycles. The lowest BCUT2D eigenvalue weighted by Gasteiger charge is -2.09. The third kappa shape index (κ3) is 2.25. The van der Waals surface area contributed by atoms with E-state index in [-0.39, 0.29) is 17.2 Å². The average molecular weight is 209 g/mol. The van der Waals surface area contributed by atoms with Crippen molar-refractivity contribution in [1.29, 1.82) is 0 Å². The van der Waals surface area contributed by atoms with Gasteiger partial charge < -0.3 is 15.5 Å². The Morgan fingerprint density at radius 3 is 2.40 bits per heavy atom. The van der Waals surface area contributed by atoms with E-state index in [1.807, 2.05) is 0 Å². The fourth-order valence-corrected chi connectivity index (χ4v) is 1.20. The van der Waals surface area contributed by atoms with Gasteiger partial charge in [0.15, 0.2) is 0 Å². The van der Waals surface area contributed by atoms with E-state index >= 15 is 0 Å². The van der Waals surface area contributed by atoms with Gasteiger partial charge in [0.2, 0.25) is 5.91 Å². The number of hydrogen-bond acceptors (Lipinski definition) is 3. The maximum atomic E-state index is 10.8. The predicted octanol–water partition coefficient (Wildman–Crippen LogP) is 1.36. The normalized spacial score (nSPS) is 9.73. The highest BCUT2D eigenvalue weighted by Crippen LogP contribution is 2.28. The number of hydrogen-bond donors (Lipinski definition) is 3. The Balaban J connectivity index is 3.21. The van der Waals surface area contributed by atoms with Crippen LogP contribution in [0.15, 0.2) is 12.1 Å². The van der Waals surface area contributed by atoms with Crippen LogP contribution in [0.2, 0.25) is 0 Å². The summed E-state index contributed by atoms with van der Waals surface area (Å²) in [6.07, 6.45) is 0. The number of carbonyl (C=O) groups is 2. The number of benzene rings is 1. The van der Waals surface area contributed by atoms with Crippen molar-refractivity contribution in [3.8, 4) is 5.75 Å². The number of phenols is 1. The topological polar surface area (TPSA) is 86.6 Å². The summed E-state index contributed by atoms with van der Waals surface area (Å²) in [6, 6.07) is 2.69. The van der Waals surface area contributed by atoms with Crippen LogP contribution in [0.5, 0.6) is 5.75 Å². The van der Waals surface area contributed by atoms with Crippen molar-refractivity contribution < 1.29 is 19.8 Å². The molecule has 0 aliphatic carbocycles. The molecule has 0 heterocycles. The molecule has 5 heteroatoms. The van der Waals surface area contributed by atoms with Gasteiger partial charge in [0.1, 0.15) is 11.3 Å². The number of carboxylic acid groups (broad SMARTS) is 1. The van der Waals surface area contributed by atoms with E-state index in [0.29, 0.717) is 11.3 Å². The molecule has 0 atom stereocenters. The molecule has 0 radical (unpaired) electrons. The minimum atomic E-state index is -1.20. The van der Waals surface area contributed by atoms with Crippen LogP contribution in [0, 0.1) is 6.92 Å². The van der Waals surface area contributed by atoms with Gasteiger partial charge in [0.05, 0.1) is 0 Å². The minimum Gasteiger partial charge on any atom is -0.507 e. The molecule has 1 rings (SSSR count). The largest absolute Gasteiger partial charge is 0.507 e. The number of amides is 1. The standard InChI is InChI=1S/C10H11NO4/c1-5-8(11-6(2)12)4-3-7(9(5)13)10(14)15/h3-4,13H,1-2H3,(H,11,12)(H,14,15). The molecule has 3 N–H and O–H groups in total. The number of carboxylic acids is 1. The zero-order valence-electron chi connectivity index (χ0n) is 8.37. The highest BCUT2D eigenvalue weighted by atomic mass is 16.4. The van der Waals surface area contributed by atoms with Crippen LogP contribution < -0.4 is 5.32 Å². The Hall–Kier alpha value is -2.04. The van der Waals surface area contributed by atoms with Crippen LogP contribution in [0.3, 0.4) is 0 Å². The number of carbonyl (C=O) groups excluding carboxylic acids is 1. The average Bonchev–Trinajstić information content (AvgIpc) is 2.12. The molecule has 0 bridgehead atoms. The van der Waals surface area contributed by atoms with E-state index in [1.54, 1.807) is 0 Å². The van der Waals surface area contributed by atoms with Gasteiger partial charge in [0.25, 0.3) is 0 Å². The lowest BCUT2D eigenvalue weighted by Crippen LogP contribution is -2.08. The molecule has 0 spiro atoms. The van der Waals surface area contributed by atoms with Crippen LogP contribution in [-0.4, -0.2) is 22.1 Å². The van der Waals surface area contributed by atoms with Gasteiger partial charge >= 0.3 is 5.97 Å². The first-order valence-electron chi connectivity index (χ1n) is 4.27. The number of anilines is 1. The summed E-state index contributed by atoms with van der Waals surface area (Å²) < 4.78 is 0. The van der Waals surface area contributed by atoms with Crippen LogP contribution >= 0.6 is 0 Å². The first-order valence-corrected chi connectivity index (χ1v) is 4.27. The van der Waals surface area contributed by atoms with E-state index in [2.05, 4.69) is 5.32 Å². The second kappa shape index (κ2) is 4.00. The zero-order chi connectivity index (χ0) is 11.6. The lowest BCUT2D eigenvalue weighted by molar-refractivity contribution is -0.114. The quantitative estimate of drug-likeness (QED) is 0.686. The fourth-order valence-electron chi connectivity index (χ4n) is 1.20. The highest BCUT2D eigenvalue weighted by molar-refractivity contribution is 5.95. The van der Waals surface area contributed by atoms with Gasteiger partial charge in [-0.1, -0.05) is 0 Å². The van der Waals surface area contributed by atoms with Crippen molar-refractivity contribution in [3.05, 3.63) is 23.3 Å². The van der Waals surface area contributed by atoms with Gasteiger partial charge in [-0.2, -0.15) is 0 Å². The van der Waals surface area contributed by atoms with Crippen molar-refractivity contribution in [2.24, 2.45) is 0 Å².